The Balaban J connectivity index is 2.59. The standard InChI is InChI=1S/C8H16N2O4S/c1-2-4-9-6-7-10(15(9,13)14)5-3-8(11)12/h2-7H2,1H3,(H,11,12). The van der Waals surface area contributed by atoms with Crippen molar-refractivity contribution in [2.75, 3.05) is 26.2 Å². The second-order valence-corrected chi connectivity index (χ2v) is 5.38. The van der Waals surface area contributed by atoms with Crippen molar-refractivity contribution in [3.63, 3.8) is 0 Å². The Morgan fingerprint density at radius 3 is 2.27 bits per heavy atom. The molecule has 0 spiro atoms. The molecule has 1 heterocycles. The third-order valence-corrected chi connectivity index (χ3v) is 4.33. The smallest absolute Gasteiger partial charge is 0.304 e. The molecule has 15 heavy (non-hydrogen) atoms. The van der Waals surface area contributed by atoms with Crippen LogP contribution in [0.25, 0.3) is 0 Å². The Hall–Kier alpha value is -0.660. The fraction of sp³-hybridized carbons (Fsp3) is 0.875. The molecule has 6 nitrogen and oxygen atoms in total. The average molecular weight is 236 g/mol. The molecule has 0 saturated carbocycles. The molecular weight excluding hydrogens is 220 g/mol. The van der Waals surface area contributed by atoms with Gasteiger partial charge in [-0.15, -0.1) is 0 Å². The van der Waals surface area contributed by atoms with E-state index < -0.39 is 16.2 Å². The van der Waals surface area contributed by atoms with E-state index in [1.54, 1.807) is 0 Å². The first-order chi connectivity index (χ1) is 6.98. The van der Waals surface area contributed by atoms with Crippen molar-refractivity contribution in [3.05, 3.63) is 0 Å². The minimum atomic E-state index is -3.38. The van der Waals surface area contributed by atoms with Crippen LogP contribution in [0, 0.1) is 0 Å². The predicted octanol–water partition coefficient (Wildman–Crippen LogP) is -0.266. The minimum Gasteiger partial charge on any atom is -0.481 e. The first kappa shape index (κ1) is 12.4. The molecule has 0 radical (unpaired) electrons. The third-order valence-electron chi connectivity index (χ3n) is 2.30. The monoisotopic (exact) mass is 236 g/mol. The van der Waals surface area contributed by atoms with E-state index in [0.717, 1.165) is 6.42 Å². The molecule has 0 unspecified atom stereocenters. The molecule has 0 amide bonds. The lowest BCUT2D eigenvalue weighted by Crippen LogP contribution is -2.34. The van der Waals surface area contributed by atoms with E-state index in [1.807, 2.05) is 6.92 Å². The van der Waals surface area contributed by atoms with E-state index in [9.17, 15) is 13.2 Å². The van der Waals surface area contributed by atoms with Gasteiger partial charge in [0.15, 0.2) is 0 Å². The van der Waals surface area contributed by atoms with Gasteiger partial charge in [0.05, 0.1) is 6.42 Å². The van der Waals surface area contributed by atoms with Gasteiger partial charge in [0.2, 0.25) is 0 Å². The van der Waals surface area contributed by atoms with Crippen LogP contribution >= 0.6 is 0 Å². The molecule has 1 aliphatic heterocycles. The summed E-state index contributed by atoms with van der Waals surface area (Å²) in [5.74, 6) is -0.973. The van der Waals surface area contributed by atoms with E-state index in [0.29, 0.717) is 19.6 Å². The van der Waals surface area contributed by atoms with Crippen LogP contribution in [0.1, 0.15) is 19.8 Å². The number of aliphatic carboxylic acids is 1. The van der Waals surface area contributed by atoms with Crippen molar-refractivity contribution in [1.29, 1.82) is 0 Å². The molecule has 1 fully saturated rings. The van der Waals surface area contributed by atoms with Gasteiger partial charge in [-0.25, -0.2) is 0 Å². The van der Waals surface area contributed by atoms with Gasteiger partial charge in [0.25, 0.3) is 10.2 Å². The number of carbonyl (C=O) groups is 1. The molecule has 1 N–H and O–H groups in total. The number of carboxylic acids is 1. The SMILES string of the molecule is CCCN1CCN(CCC(=O)O)S1(=O)=O. The van der Waals surface area contributed by atoms with Gasteiger partial charge in [0.1, 0.15) is 0 Å². The summed E-state index contributed by atoms with van der Waals surface area (Å²) in [6, 6.07) is 0. The summed E-state index contributed by atoms with van der Waals surface area (Å²) in [5.41, 5.74) is 0. The predicted molar refractivity (Wildman–Crippen MR) is 54.6 cm³/mol. The van der Waals surface area contributed by atoms with E-state index in [-0.39, 0.29) is 13.0 Å². The first-order valence-electron chi connectivity index (χ1n) is 4.95. The van der Waals surface area contributed by atoms with Crippen LogP contribution in [0.5, 0.6) is 0 Å². The van der Waals surface area contributed by atoms with Crippen LogP contribution in [-0.4, -0.2) is 54.3 Å². The second-order valence-electron chi connectivity index (χ2n) is 3.45. The summed E-state index contributed by atoms with van der Waals surface area (Å²) in [4.78, 5) is 10.3. The molecule has 0 aromatic carbocycles. The molecule has 0 aromatic rings. The molecule has 1 aliphatic rings. The van der Waals surface area contributed by atoms with Crippen LogP contribution in [0.4, 0.5) is 0 Å². The molecule has 0 bridgehead atoms. The molecule has 1 rings (SSSR count). The van der Waals surface area contributed by atoms with Gasteiger partial charge in [-0.05, 0) is 6.42 Å². The molecule has 0 aromatic heterocycles. The summed E-state index contributed by atoms with van der Waals surface area (Å²) in [6.07, 6.45) is 0.630. The minimum absolute atomic E-state index is 0.0673. The highest BCUT2D eigenvalue weighted by Crippen LogP contribution is 2.16. The number of hydrogen-bond donors (Lipinski definition) is 1. The highest BCUT2D eigenvalue weighted by molar-refractivity contribution is 7.87. The number of carboxylic acid groups (broad SMARTS) is 1. The third kappa shape index (κ3) is 2.90. The average Bonchev–Trinajstić information content (AvgIpc) is 2.40. The summed E-state index contributed by atoms with van der Waals surface area (Å²) in [6.45, 7) is 3.35. The zero-order valence-corrected chi connectivity index (χ0v) is 9.53. The van der Waals surface area contributed by atoms with Crippen molar-refractivity contribution >= 4 is 16.2 Å². The van der Waals surface area contributed by atoms with Crippen molar-refractivity contribution in [2.45, 2.75) is 19.8 Å². The quantitative estimate of drug-likeness (QED) is 0.713. The lowest BCUT2D eigenvalue weighted by Gasteiger charge is -2.17. The van der Waals surface area contributed by atoms with Crippen LogP contribution in [0.15, 0.2) is 0 Å². The molecule has 7 heteroatoms. The van der Waals surface area contributed by atoms with Gasteiger partial charge < -0.3 is 5.11 Å². The fourth-order valence-corrected chi connectivity index (χ4v) is 3.23. The number of nitrogens with zero attached hydrogens (tertiary/aromatic N) is 2. The maximum absolute atomic E-state index is 11.8. The number of rotatable bonds is 5. The van der Waals surface area contributed by atoms with Crippen LogP contribution in [0.3, 0.4) is 0 Å². The van der Waals surface area contributed by atoms with Gasteiger partial charge >= 0.3 is 5.97 Å². The van der Waals surface area contributed by atoms with Crippen LogP contribution < -0.4 is 0 Å². The topological polar surface area (TPSA) is 77.9 Å². The van der Waals surface area contributed by atoms with E-state index in [1.165, 1.54) is 8.61 Å². The van der Waals surface area contributed by atoms with E-state index >= 15 is 0 Å². The molecular formula is C8H16N2O4S. The summed E-state index contributed by atoms with van der Waals surface area (Å²) >= 11 is 0. The Labute approximate surface area is 89.7 Å². The summed E-state index contributed by atoms with van der Waals surface area (Å²) < 4.78 is 26.1. The van der Waals surface area contributed by atoms with Crippen molar-refractivity contribution in [1.82, 2.24) is 8.61 Å². The largest absolute Gasteiger partial charge is 0.481 e. The van der Waals surface area contributed by atoms with Crippen molar-refractivity contribution < 1.29 is 18.3 Å². The Bertz CT molecular complexity index is 328. The fourth-order valence-electron chi connectivity index (χ4n) is 1.54. The van der Waals surface area contributed by atoms with Gasteiger partial charge in [0, 0.05) is 26.2 Å². The summed E-state index contributed by atoms with van der Waals surface area (Å²) in [7, 11) is -3.38. The maximum atomic E-state index is 11.8. The molecule has 1 saturated heterocycles. The Morgan fingerprint density at radius 1 is 1.27 bits per heavy atom. The van der Waals surface area contributed by atoms with Gasteiger partial charge in [-0.3, -0.25) is 4.79 Å². The Morgan fingerprint density at radius 2 is 1.80 bits per heavy atom. The molecule has 0 aliphatic carbocycles. The maximum Gasteiger partial charge on any atom is 0.304 e. The zero-order valence-electron chi connectivity index (χ0n) is 8.72. The van der Waals surface area contributed by atoms with Crippen LogP contribution in [-0.2, 0) is 15.0 Å². The summed E-state index contributed by atoms with van der Waals surface area (Å²) in [5, 5.41) is 8.48. The zero-order chi connectivity index (χ0) is 11.5. The van der Waals surface area contributed by atoms with Crippen molar-refractivity contribution in [2.24, 2.45) is 0 Å². The van der Waals surface area contributed by atoms with Gasteiger partial charge in [-0.2, -0.15) is 17.0 Å². The number of hydrogen-bond acceptors (Lipinski definition) is 3. The highest BCUT2D eigenvalue weighted by atomic mass is 32.2. The Kier molecular flexibility index (Phi) is 4.06. The van der Waals surface area contributed by atoms with E-state index in [4.69, 9.17) is 5.11 Å². The molecule has 88 valence electrons. The van der Waals surface area contributed by atoms with E-state index in [2.05, 4.69) is 0 Å². The first-order valence-corrected chi connectivity index (χ1v) is 6.35. The molecule has 0 atom stereocenters. The lowest BCUT2D eigenvalue weighted by atomic mass is 10.4. The normalized spacial score (nSPS) is 21.9. The van der Waals surface area contributed by atoms with Crippen molar-refractivity contribution in [3.8, 4) is 0 Å². The van der Waals surface area contributed by atoms with Crippen LogP contribution in [0.2, 0.25) is 0 Å². The highest BCUT2D eigenvalue weighted by Gasteiger charge is 2.35. The van der Waals surface area contributed by atoms with Gasteiger partial charge in [-0.1, -0.05) is 6.92 Å². The second kappa shape index (κ2) is 4.91. The lowest BCUT2D eigenvalue weighted by molar-refractivity contribution is -0.137.